The average Bonchev–Trinajstić information content (AvgIpc) is 2.83. The van der Waals surface area contributed by atoms with Gasteiger partial charge in [0.1, 0.15) is 17.9 Å². The van der Waals surface area contributed by atoms with Gasteiger partial charge in [-0.3, -0.25) is 4.68 Å². The third-order valence-corrected chi connectivity index (χ3v) is 3.37. The second-order valence-electron chi connectivity index (χ2n) is 4.94. The summed E-state index contributed by atoms with van der Waals surface area (Å²) < 4.78 is 7.60. The van der Waals surface area contributed by atoms with Crippen LogP contribution in [-0.4, -0.2) is 34.5 Å². The molecular weight excluding hydrogens is 252 g/mol. The van der Waals surface area contributed by atoms with Crippen LogP contribution in [0.2, 0.25) is 0 Å². The first kappa shape index (κ1) is 14.5. The molecule has 0 aliphatic heterocycles. The van der Waals surface area contributed by atoms with Crippen LogP contribution in [0.15, 0.2) is 30.6 Å². The summed E-state index contributed by atoms with van der Waals surface area (Å²) in [4.78, 5) is 4.25. The van der Waals surface area contributed by atoms with E-state index in [2.05, 4.69) is 34.5 Å². The van der Waals surface area contributed by atoms with Crippen molar-refractivity contribution in [1.29, 1.82) is 0 Å². The molecule has 1 heterocycles. The van der Waals surface area contributed by atoms with Crippen molar-refractivity contribution in [3.63, 3.8) is 0 Å². The Morgan fingerprint density at radius 3 is 2.90 bits per heavy atom. The van der Waals surface area contributed by atoms with E-state index in [-0.39, 0.29) is 0 Å². The number of nitrogens with zero attached hydrogens (tertiary/aromatic N) is 3. The van der Waals surface area contributed by atoms with E-state index in [9.17, 15) is 0 Å². The molecule has 0 saturated heterocycles. The molecule has 0 saturated carbocycles. The Labute approximate surface area is 120 Å². The molecule has 0 aliphatic rings. The van der Waals surface area contributed by atoms with Crippen molar-refractivity contribution in [1.82, 2.24) is 20.1 Å². The number of benzene rings is 1. The van der Waals surface area contributed by atoms with E-state index >= 15 is 0 Å². The van der Waals surface area contributed by atoms with E-state index in [0.29, 0.717) is 12.6 Å². The van der Waals surface area contributed by atoms with E-state index in [4.69, 9.17) is 4.74 Å². The molecule has 0 amide bonds. The summed E-state index contributed by atoms with van der Waals surface area (Å²) in [6.45, 7) is 2.75. The highest BCUT2D eigenvalue weighted by atomic mass is 16.5. The van der Waals surface area contributed by atoms with E-state index in [1.165, 1.54) is 5.56 Å². The predicted octanol–water partition coefficient (Wildman–Crippen LogP) is 1.72. The number of hydrogen-bond donors (Lipinski definition) is 1. The van der Waals surface area contributed by atoms with Gasteiger partial charge in [-0.2, -0.15) is 5.10 Å². The molecule has 2 rings (SSSR count). The van der Waals surface area contributed by atoms with Crippen LogP contribution in [0.5, 0.6) is 5.75 Å². The van der Waals surface area contributed by atoms with Crippen LogP contribution in [0.3, 0.4) is 0 Å². The molecule has 1 unspecified atom stereocenters. The summed E-state index contributed by atoms with van der Waals surface area (Å²) in [5.74, 6) is 1.92. The summed E-state index contributed by atoms with van der Waals surface area (Å²) in [6, 6.07) is 8.46. The molecule has 5 nitrogen and oxygen atoms in total. The number of rotatable bonds is 7. The minimum atomic E-state index is 0.336. The van der Waals surface area contributed by atoms with Gasteiger partial charge in [0.15, 0.2) is 0 Å². The maximum Gasteiger partial charge on any atom is 0.138 e. The molecule has 1 N–H and O–H groups in total. The van der Waals surface area contributed by atoms with Crippen molar-refractivity contribution >= 4 is 0 Å². The first-order chi connectivity index (χ1) is 9.69. The Balaban J connectivity index is 1.81. The maximum atomic E-state index is 5.79. The van der Waals surface area contributed by atoms with Crippen molar-refractivity contribution in [3.05, 3.63) is 42.0 Å². The normalized spacial score (nSPS) is 12.3. The fourth-order valence-corrected chi connectivity index (χ4v) is 2.10. The monoisotopic (exact) mass is 274 g/mol. The molecule has 5 heteroatoms. The van der Waals surface area contributed by atoms with Crippen molar-refractivity contribution in [3.8, 4) is 5.75 Å². The van der Waals surface area contributed by atoms with Gasteiger partial charge in [-0.1, -0.05) is 12.1 Å². The topological polar surface area (TPSA) is 52.0 Å². The van der Waals surface area contributed by atoms with Crippen LogP contribution in [0.4, 0.5) is 0 Å². The standard InChI is InChI=1S/C15H22N4O/c1-12-5-4-6-14(9-12)20-8-7-13(16-2)10-15-17-11-18-19(15)3/h4-6,9,11,13,16H,7-8,10H2,1-3H3. The Morgan fingerprint density at radius 1 is 1.40 bits per heavy atom. The zero-order valence-corrected chi connectivity index (χ0v) is 12.3. The molecular formula is C15H22N4O. The average molecular weight is 274 g/mol. The summed E-state index contributed by atoms with van der Waals surface area (Å²) in [6.07, 6.45) is 3.37. The minimum absolute atomic E-state index is 0.336. The summed E-state index contributed by atoms with van der Waals surface area (Å²) >= 11 is 0. The largest absolute Gasteiger partial charge is 0.494 e. The zero-order valence-electron chi connectivity index (χ0n) is 12.3. The highest BCUT2D eigenvalue weighted by molar-refractivity contribution is 5.27. The van der Waals surface area contributed by atoms with Crippen molar-refractivity contribution in [2.75, 3.05) is 13.7 Å². The van der Waals surface area contributed by atoms with Gasteiger partial charge >= 0.3 is 0 Å². The molecule has 2 aromatic rings. The number of aryl methyl sites for hydroxylation is 2. The molecule has 0 spiro atoms. The van der Waals surface area contributed by atoms with Crippen molar-refractivity contribution in [2.24, 2.45) is 7.05 Å². The third-order valence-electron chi connectivity index (χ3n) is 3.37. The highest BCUT2D eigenvalue weighted by Crippen LogP contribution is 2.13. The summed E-state index contributed by atoms with van der Waals surface area (Å²) in [5.41, 5.74) is 1.21. The number of aromatic nitrogens is 3. The van der Waals surface area contributed by atoms with Crippen molar-refractivity contribution in [2.45, 2.75) is 25.8 Å². The third kappa shape index (κ3) is 4.06. The number of nitrogens with one attached hydrogen (secondary N) is 1. The van der Waals surface area contributed by atoms with Crippen LogP contribution in [-0.2, 0) is 13.5 Å². The molecule has 1 atom stereocenters. The second-order valence-corrected chi connectivity index (χ2v) is 4.94. The van der Waals surface area contributed by atoms with Crippen LogP contribution >= 0.6 is 0 Å². The fourth-order valence-electron chi connectivity index (χ4n) is 2.10. The van der Waals surface area contributed by atoms with Gasteiger partial charge in [-0.25, -0.2) is 4.98 Å². The highest BCUT2D eigenvalue weighted by Gasteiger charge is 2.11. The van der Waals surface area contributed by atoms with Gasteiger partial charge < -0.3 is 10.1 Å². The predicted molar refractivity (Wildman–Crippen MR) is 78.8 cm³/mol. The van der Waals surface area contributed by atoms with Crippen LogP contribution in [0.25, 0.3) is 0 Å². The van der Waals surface area contributed by atoms with Crippen LogP contribution in [0.1, 0.15) is 17.8 Å². The summed E-state index contributed by atoms with van der Waals surface area (Å²) in [5, 5.41) is 7.39. The molecule has 0 aliphatic carbocycles. The van der Waals surface area contributed by atoms with E-state index in [1.807, 2.05) is 30.9 Å². The summed E-state index contributed by atoms with van der Waals surface area (Å²) in [7, 11) is 3.88. The molecule has 108 valence electrons. The lowest BCUT2D eigenvalue weighted by molar-refractivity contribution is 0.286. The molecule has 1 aromatic heterocycles. The molecule has 0 radical (unpaired) electrons. The lowest BCUT2D eigenvalue weighted by Gasteiger charge is -2.16. The Kier molecular flexibility index (Phi) is 5.12. The lowest BCUT2D eigenvalue weighted by Crippen LogP contribution is -2.30. The van der Waals surface area contributed by atoms with Gasteiger partial charge in [0.25, 0.3) is 0 Å². The zero-order chi connectivity index (χ0) is 14.4. The second kappa shape index (κ2) is 7.05. The molecule has 0 fully saturated rings. The van der Waals surface area contributed by atoms with Crippen molar-refractivity contribution < 1.29 is 4.74 Å². The Bertz CT molecular complexity index is 538. The first-order valence-electron chi connectivity index (χ1n) is 6.88. The first-order valence-corrected chi connectivity index (χ1v) is 6.88. The van der Waals surface area contributed by atoms with E-state index < -0.39 is 0 Å². The minimum Gasteiger partial charge on any atom is -0.494 e. The number of likely N-dealkylation sites (N-methyl/N-ethyl adjacent to an activating group) is 1. The van der Waals surface area contributed by atoms with Gasteiger partial charge in [0.2, 0.25) is 0 Å². The fraction of sp³-hybridized carbons (Fsp3) is 0.467. The van der Waals surface area contributed by atoms with Crippen LogP contribution in [0, 0.1) is 6.92 Å². The van der Waals surface area contributed by atoms with Crippen LogP contribution < -0.4 is 10.1 Å². The maximum absolute atomic E-state index is 5.79. The smallest absolute Gasteiger partial charge is 0.138 e. The van der Waals surface area contributed by atoms with Gasteiger partial charge in [0, 0.05) is 19.5 Å². The number of ether oxygens (including phenoxy) is 1. The molecule has 0 bridgehead atoms. The van der Waals surface area contributed by atoms with E-state index in [0.717, 1.165) is 24.4 Å². The Hall–Kier alpha value is -1.88. The number of hydrogen-bond acceptors (Lipinski definition) is 4. The van der Waals surface area contributed by atoms with Gasteiger partial charge in [-0.15, -0.1) is 0 Å². The quantitative estimate of drug-likeness (QED) is 0.835. The molecule has 1 aromatic carbocycles. The molecule has 20 heavy (non-hydrogen) atoms. The Morgan fingerprint density at radius 2 is 2.25 bits per heavy atom. The lowest BCUT2D eigenvalue weighted by atomic mass is 10.1. The van der Waals surface area contributed by atoms with Gasteiger partial charge in [-0.05, 0) is 38.1 Å². The van der Waals surface area contributed by atoms with E-state index in [1.54, 1.807) is 6.33 Å². The SMILES string of the molecule is CNC(CCOc1cccc(C)c1)Cc1ncnn1C. The van der Waals surface area contributed by atoms with Gasteiger partial charge in [0.05, 0.1) is 6.61 Å².